The van der Waals surface area contributed by atoms with E-state index < -0.39 is 29.5 Å². The Morgan fingerprint density at radius 3 is 2.44 bits per heavy atom. The van der Waals surface area contributed by atoms with Crippen LogP contribution in [-0.4, -0.2) is 49.9 Å². The average Bonchev–Trinajstić information content (AvgIpc) is 3.23. The Kier molecular flexibility index (Phi) is 8.41. The van der Waals surface area contributed by atoms with Crippen LogP contribution in [0.4, 0.5) is 13.2 Å². The van der Waals surface area contributed by atoms with Gasteiger partial charge < -0.3 is 19.3 Å². The number of H-pyrrole nitrogens is 1. The van der Waals surface area contributed by atoms with Crippen molar-refractivity contribution < 1.29 is 32.5 Å². The molecule has 0 aliphatic heterocycles. The topological polar surface area (TPSA) is 121 Å². The minimum Gasteiger partial charge on any atom is -0.425 e. The summed E-state index contributed by atoms with van der Waals surface area (Å²) < 4.78 is 56.3. The average molecular weight is 549 g/mol. The van der Waals surface area contributed by atoms with Gasteiger partial charge in [0.05, 0.1) is 25.9 Å². The van der Waals surface area contributed by atoms with Crippen LogP contribution >= 0.6 is 0 Å². The lowest BCUT2D eigenvalue weighted by atomic mass is 10.0. The van der Waals surface area contributed by atoms with Crippen molar-refractivity contribution >= 4 is 11.2 Å². The summed E-state index contributed by atoms with van der Waals surface area (Å²) in [5.41, 5.74) is 0.696. The van der Waals surface area contributed by atoms with Gasteiger partial charge in [0, 0.05) is 19.5 Å². The Balaban J connectivity index is 1.75. The van der Waals surface area contributed by atoms with Gasteiger partial charge in [0.15, 0.2) is 11.2 Å². The van der Waals surface area contributed by atoms with Crippen LogP contribution in [-0.2, 0) is 31.2 Å². The molecule has 2 heterocycles. The van der Waals surface area contributed by atoms with Crippen LogP contribution in [0, 0.1) is 0 Å². The number of nitrogens with zero attached hydrogens (tertiary/aromatic N) is 3. The number of aliphatic hydroxyl groups excluding tert-OH is 1. The number of benzene rings is 2. The molecule has 2 aromatic heterocycles. The molecule has 0 spiro atoms. The molecule has 2 N–H and O–H groups in total. The van der Waals surface area contributed by atoms with Crippen LogP contribution in [0.25, 0.3) is 11.2 Å². The van der Waals surface area contributed by atoms with Gasteiger partial charge in [-0.3, -0.25) is 18.9 Å². The number of aromatic nitrogens is 4. The Morgan fingerprint density at radius 2 is 1.77 bits per heavy atom. The number of fused-ring (bicyclic) bond motifs is 1. The third-order valence-electron chi connectivity index (χ3n) is 5.95. The van der Waals surface area contributed by atoms with Crippen molar-refractivity contribution in [2.75, 3.05) is 13.2 Å². The van der Waals surface area contributed by atoms with Gasteiger partial charge in [-0.15, -0.1) is 13.2 Å². The molecule has 0 radical (unpaired) electrons. The fourth-order valence-electron chi connectivity index (χ4n) is 4.08. The molecule has 1 unspecified atom stereocenters. The number of alkyl halides is 3. The van der Waals surface area contributed by atoms with E-state index in [9.17, 15) is 27.9 Å². The van der Waals surface area contributed by atoms with Gasteiger partial charge >= 0.3 is 18.1 Å². The first-order valence-electron chi connectivity index (χ1n) is 12.1. The zero-order valence-corrected chi connectivity index (χ0v) is 21.2. The molecule has 4 rings (SSSR count). The van der Waals surface area contributed by atoms with E-state index in [0.717, 1.165) is 34.2 Å². The van der Waals surface area contributed by atoms with Crippen LogP contribution in [0.15, 0.2) is 58.1 Å². The maximum Gasteiger partial charge on any atom is 0.573 e. The highest BCUT2D eigenvalue weighted by molar-refractivity contribution is 5.72. The fraction of sp³-hybridized carbons (Fsp3) is 0.346. The standard InChI is InChI=1S/C26H27F3N4O6/c1-3-16-7-9-17(10-8-16)13-20(37-12-11-34)15-33-21-22(32(2)24(36)31-23(21)35)30-25(33)38-18-5-4-6-19(14-18)39-26(27,28)29/h4-10,14,20,34H,3,11-13,15H2,1-2H3,(H,31,35,36). The molecule has 1 atom stereocenters. The van der Waals surface area contributed by atoms with Crippen molar-refractivity contribution in [3.8, 4) is 17.5 Å². The predicted octanol–water partition coefficient (Wildman–Crippen LogP) is 3.30. The molecule has 0 fully saturated rings. The predicted molar refractivity (Wildman–Crippen MR) is 135 cm³/mol. The normalized spacial score (nSPS) is 12.6. The molecule has 10 nitrogen and oxygen atoms in total. The quantitative estimate of drug-likeness (QED) is 0.295. The van der Waals surface area contributed by atoms with Crippen molar-refractivity contribution in [3.05, 3.63) is 80.5 Å². The van der Waals surface area contributed by atoms with Crippen molar-refractivity contribution in [3.63, 3.8) is 0 Å². The van der Waals surface area contributed by atoms with E-state index in [1.165, 1.54) is 23.7 Å². The van der Waals surface area contributed by atoms with E-state index >= 15 is 0 Å². The van der Waals surface area contributed by atoms with Gasteiger partial charge in [-0.25, -0.2) is 4.79 Å². The molecule has 4 aromatic rings. The van der Waals surface area contributed by atoms with Crippen LogP contribution in [0.3, 0.4) is 0 Å². The molecule has 208 valence electrons. The molecule has 39 heavy (non-hydrogen) atoms. The highest BCUT2D eigenvalue weighted by Gasteiger charge is 2.31. The SMILES string of the molecule is CCc1ccc(CC(Cn2c(Oc3cccc(OC(F)(F)F)c3)nc3c2c(=O)[nH]c(=O)n3C)OCCO)cc1. The number of aryl methyl sites for hydroxylation is 2. The summed E-state index contributed by atoms with van der Waals surface area (Å²) in [6.45, 7) is 1.84. The maximum absolute atomic E-state index is 12.9. The van der Waals surface area contributed by atoms with Crippen LogP contribution in [0.2, 0.25) is 0 Å². The first kappa shape index (κ1) is 27.9. The Hall–Kier alpha value is -4.10. The lowest BCUT2D eigenvalue weighted by Crippen LogP contribution is -2.30. The van der Waals surface area contributed by atoms with Crippen molar-refractivity contribution in [2.24, 2.45) is 7.05 Å². The number of nitrogens with one attached hydrogen (secondary N) is 1. The molecule has 2 aromatic carbocycles. The second-order valence-corrected chi connectivity index (χ2v) is 8.71. The Labute approximate surface area is 220 Å². The first-order chi connectivity index (χ1) is 18.6. The number of hydrogen-bond donors (Lipinski definition) is 2. The Morgan fingerprint density at radius 1 is 1.08 bits per heavy atom. The molecule has 0 aliphatic carbocycles. The summed E-state index contributed by atoms with van der Waals surface area (Å²) >= 11 is 0. The van der Waals surface area contributed by atoms with Crippen LogP contribution in [0.5, 0.6) is 17.5 Å². The highest BCUT2D eigenvalue weighted by atomic mass is 19.4. The van der Waals surface area contributed by atoms with Gasteiger partial charge in [-0.1, -0.05) is 37.3 Å². The summed E-state index contributed by atoms with van der Waals surface area (Å²) in [6.07, 6.45) is -4.18. The molecular formula is C26H27F3N4O6. The van der Waals surface area contributed by atoms with Crippen LogP contribution < -0.4 is 20.7 Å². The van der Waals surface area contributed by atoms with Crippen LogP contribution in [0.1, 0.15) is 18.1 Å². The molecular weight excluding hydrogens is 521 g/mol. The van der Waals surface area contributed by atoms with Gasteiger partial charge in [-0.2, -0.15) is 4.98 Å². The second-order valence-electron chi connectivity index (χ2n) is 8.71. The number of aromatic amines is 1. The highest BCUT2D eigenvalue weighted by Crippen LogP contribution is 2.30. The molecule has 0 bridgehead atoms. The smallest absolute Gasteiger partial charge is 0.425 e. The zero-order chi connectivity index (χ0) is 28.2. The van der Waals surface area contributed by atoms with E-state index in [1.807, 2.05) is 31.2 Å². The Bertz CT molecular complexity index is 1540. The monoisotopic (exact) mass is 548 g/mol. The van der Waals surface area contributed by atoms with Gasteiger partial charge in [-0.05, 0) is 29.7 Å². The van der Waals surface area contributed by atoms with E-state index in [2.05, 4.69) is 14.7 Å². The molecule has 0 saturated heterocycles. The minimum atomic E-state index is -4.90. The molecule has 0 aliphatic rings. The number of halogens is 3. The lowest BCUT2D eigenvalue weighted by Gasteiger charge is -2.20. The van der Waals surface area contributed by atoms with E-state index in [4.69, 9.17) is 9.47 Å². The van der Waals surface area contributed by atoms with Gasteiger partial charge in [0.1, 0.15) is 11.5 Å². The first-order valence-corrected chi connectivity index (χ1v) is 12.1. The number of aliphatic hydroxyl groups is 1. The number of ether oxygens (including phenoxy) is 3. The number of imidazole rings is 1. The number of hydrogen-bond acceptors (Lipinski definition) is 7. The summed E-state index contributed by atoms with van der Waals surface area (Å²) in [7, 11) is 1.41. The minimum absolute atomic E-state index is 0.00808. The van der Waals surface area contributed by atoms with E-state index in [0.29, 0.717) is 6.42 Å². The largest absolute Gasteiger partial charge is 0.573 e. The number of rotatable bonds is 11. The summed E-state index contributed by atoms with van der Waals surface area (Å²) in [5, 5.41) is 9.36. The molecule has 0 saturated carbocycles. The van der Waals surface area contributed by atoms with Crippen molar-refractivity contribution in [1.29, 1.82) is 0 Å². The lowest BCUT2D eigenvalue weighted by molar-refractivity contribution is -0.274. The third-order valence-corrected chi connectivity index (χ3v) is 5.95. The maximum atomic E-state index is 12.9. The van der Waals surface area contributed by atoms with E-state index in [1.54, 1.807) is 0 Å². The van der Waals surface area contributed by atoms with E-state index in [-0.39, 0.29) is 42.7 Å². The van der Waals surface area contributed by atoms with Crippen molar-refractivity contribution in [1.82, 2.24) is 19.1 Å². The molecule has 0 amide bonds. The summed E-state index contributed by atoms with van der Waals surface area (Å²) in [4.78, 5) is 31.6. The molecule has 13 heteroatoms. The van der Waals surface area contributed by atoms with Crippen molar-refractivity contribution in [2.45, 2.75) is 38.8 Å². The van der Waals surface area contributed by atoms with Gasteiger partial charge in [0.25, 0.3) is 5.56 Å². The third kappa shape index (κ3) is 6.86. The second kappa shape index (κ2) is 11.7. The zero-order valence-electron chi connectivity index (χ0n) is 21.2. The fourth-order valence-corrected chi connectivity index (χ4v) is 4.08. The summed E-state index contributed by atoms with van der Waals surface area (Å²) in [5.74, 6) is -0.551. The van der Waals surface area contributed by atoms with Gasteiger partial charge in [0.2, 0.25) is 0 Å². The summed E-state index contributed by atoms with van der Waals surface area (Å²) in [6, 6.07) is 12.6.